The molecule has 0 bridgehead atoms. The number of carbonyl (C=O) groups is 2. The number of unbranched alkanes of at least 4 members (excludes halogenated alkanes) is 29. The fourth-order valence-electron chi connectivity index (χ4n) is 10.1. The fourth-order valence-corrected chi connectivity index (χ4v) is 10.1. The maximum atomic E-state index is 12.9. The molecule has 1 fully saturated rings. The molecule has 0 spiro atoms. The standard InChI is InChI=1S/C60H117NO7/c1-5-9-13-17-21-23-27-33-43-55(41-31-25-19-15-11-7-3)53-67-59(63)45-35-39-49-65-57-51-61(47-37-29-30-38-48-62)52-58(57)66-50-40-36-46-60(64)68-54-56(42-32-26-20-16-12-8-4)44-34-28-24-22-18-14-10-6-2/h55-58,62H,5-54H2,1-4H3/t55?,56?,57-,58+. The van der Waals surface area contributed by atoms with Gasteiger partial charge in [0.1, 0.15) is 0 Å². The number of hydrogen-bond donors (Lipinski definition) is 1. The van der Waals surface area contributed by atoms with Crippen LogP contribution in [0.1, 0.15) is 297 Å². The molecule has 8 nitrogen and oxygen atoms in total. The Morgan fingerprint density at radius 2 is 0.721 bits per heavy atom. The smallest absolute Gasteiger partial charge is 0.305 e. The van der Waals surface area contributed by atoms with Crippen molar-refractivity contribution >= 4 is 11.9 Å². The summed E-state index contributed by atoms with van der Waals surface area (Å²) in [4.78, 5) is 28.2. The number of nitrogens with zero attached hydrogens (tertiary/aromatic N) is 1. The first-order valence-electron chi connectivity index (χ1n) is 30.3. The van der Waals surface area contributed by atoms with Crippen molar-refractivity contribution in [2.45, 2.75) is 310 Å². The lowest BCUT2D eigenvalue weighted by atomic mass is 9.94. The summed E-state index contributed by atoms with van der Waals surface area (Å²) in [6, 6.07) is 0. The van der Waals surface area contributed by atoms with Crippen molar-refractivity contribution in [1.29, 1.82) is 0 Å². The SMILES string of the molecule is CCCCCCCCCCC(CCCCCCCC)COC(=O)CCCCO[C@H]1CN(CCCCCCO)C[C@H]1OCCCCC(=O)OCC(CCCCCCCC)CCCCCCCCCC. The summed E-state index contributed by atoms with van der Waals surface area (Å²) in [7, 11) is 0. The first-order chi connectivity index (χ1) is 33.5. The van der Waals surface area contributed by atoms with Crippen LogP contribution in [0.4, 0.5) is 0 Å². The molecular formula is C60H117NO7. The molecule has 0 saturated carbocycles. The molecule has 1 aliphatic heterocycles. The van der Waals surface area contributed by atoms with Gasteiger partial charge in [0.15, 0.2) is 0 Å². The Balaban J connectivity index is 2.49. The quantitative estimate of drug-likeness (QED) is 0.0476. The minimum Gasteiger partial charge on any atom is -0.465 e. The molecule has 0 aromatic carbocycles. The number of rotatable bonds is 54. The van der Waals surface area contributed by atoms with Crippen molar-refractivity contribution in [1.82, 2.24) is 4.90 Å². The third kappa shape index (κ3) is 41.4. The minimum atomic E-state index is -0.0565. The van der Waals surface area contributed by atoms with E-state index in [4.69, 9.17) is 18.9 Å². The summed E-state index contributed by atoms with van der Waals surface area (Å²) in [6.07, 6.45) is 50.1. The van der Waals surface area contributed by atoms with E-state index < -0.39 is 0 Å². The molecule has 0 aromatic heterocycles. The third-order valence-corrected chi connectivity index (χ3v) is 14.7. The van der Waals surface area contributed by atoms with Gasteiger partial charge in [0.25, 0.3) is 0 Å². The fraction of sp³-hybridized carbons (Fsp3) is 0.967. The molecular weight excluding hydrogens is 847 g/mol. The molecule has 1 aliphatic rings. The summed E-state index contributed by atoms with van der Waals surface area (Å²) in [5.41, 5.74) is 0. The highest BCUT2D eigenvalue weighted by Crippen LogP contribution is 2.24. The van der Waals surface area contributed by atoms with Crippen LogP contribution in [0.2, 0.25) is 0 Å². The molecule has 1 N–H and O–H groups in total. The van der Waals surface area contributed by atoms with E-state index in [9.17, 15) is 14.7 Å². The first-order valence-corrected chi connectivity index (χ1v) is 30.3. The van der Waals surface area contributed by atoms with Crippen LogP contribution in [0.15, 0.2) is 0 Å². The zero-order chi connectivity index (χ0) is 49.2. The Kier molecular flexibility index (Phi) is 48.3. The molecule has 0 aromatic rings. The Morgan fingerprint density at radius 3 is 1.06 bits per heavy atom. The molecule has 68 heavy (non-hydrogen) atoms. The second-order valence-electron chi connectivity index (χ2n) is 21.4. The van der Waals surface area contributed by atoms with E-state index in [1.54, 1.807) is 0 Å². The number of carbonyl (C=O) groups excluding carboxylic acids is 2. The molecule has 0 radical (unpaired) electrons. The van der Waals surface area contributed by atoms with E-state index >= 15 is 0 Å². The van der Waals surface area contributed by atoms with Crippen LogP contribution in [0.25, 0.3) is 0 Å². The maximum Gasteiger partial charge on any atom is 0.305 e. The Labute approximate surface area is 423 Å². The lowest BCUT2D eigenvalue weighted by Gasteiger charge is -2.20. The van der Waals surface area contributed by atoms with Gasteiger partial charge >= 0.3 is 11.9 Å². The van der Waals surface area contributed by atoms with Crippen LogP contribution in [0.3, 0.4) is 0 Å². The highest BCUT2D eigenvalue weighted by molar-refractivity contribution is 5.69. The Hall–Kier alpha value is -1.22. The van der Waals surface area contributed by atoms with Crippen molar-refractivity contribution in [2.75, 3.05) is 52.7 Å². The van der Waals surface area contributed by atoms with Crippen molar-refractivity contribution < 1.29 is 33.6 Å². The van der Waals surface area contributed by atoms with Crippen molar-refractivity contribution in [3.63, 3.8) is 0 Å². The molecule has 8 heteroatoms. The summed E-state index contributed by atoms with van der Waals surface area (Å²) in [6.45, 7) is 14.5. The molecule has 4 atom stereocenters. The van der Waals surface area contributed by atoms with Crippen molar-refractivity contribution in [3.8, 4) is 0 Å². The Morgan fingerprint density at radius 1 is 0.412 bits per heavy atom. The van der Waals surface area contributed by atoms with Gasteiger partial charge in [-0.05, 0) is 82.6 Å². The van der Waals surface area contributed by atoms with E-state index in [-0.39, 0.29) is 30.8 Å². The van der Waals surface area contributed by atoms with E-state index in [0.29, 0.717) is 51.1 Å². The van der Waals surface area contributed by atoms with Crippen molar-refractivity contribution in [3.05, 3.63) is 0 Å². The average Bonchev–Trinajstić information content (AvgIpc) is 3.73. The maximum absolute atomic E-state index is 12.9. The minimum absolute atomic E-state index is 0.00747. The van der Waals surface area contributed by atoms with Crippen LogP contribution in [0.5, 0.6) is 0 Å². The number of aliphatic hydroxyl groups excluding tert-OH is 1. The van der Waals surface area contributed by atoms with E-state index in [1.165, 1.54) is 205 Å². The lowest BCUT2D eigenvalue weighted by Crippen LogP contribution is -2.30. The number of aliphatic hydroxyl groups is 1. The normalized spacial score (nSPS) is 16.1. The van der Waals surface area contributed by atoms with Crippen LogP contribution in [-0.4, -0.2) is 86.8 Å². The molecule has 1 heterocycles. The Bertz CT molecular complexity index is 985. The highest BCUT2D eigenvalue weighted by Gasteiger charge is 2.34. The molecule has 1 saturated heterocycles. The van der Waals surface area contributed by atoms with Gasteiger partial charge in [0.05, 0.1) is 25.4 Å². The molecule has 0 aliphatic carbocycles. The van der Waals surface area contributed by atoms with Crippen molar-refractivity contribution in [2.24, 2.45) is 11.8 Å². The first kappa shape index (κ1) is 64.8. The highest BCUT2D eigenvalue weighted by atomic mass is 16.5. The zero-order valence-electron chi connectivity index (χ0n) is 46.0. The van der Waals surface area contributed by atoms with Crippen LogP contribution in [0, 0.1) is 11.8 Å². The molecule has 1 rings (SSSR count). The van der Waals surface area contributed by atoms with Crippen LogP contribution >= 0.6 is 0 Å². The number of ether oxygens (including phenoxy) is 4. The average molecular weight is 965 g/mol. The van der Waals surface area contributed by atoms with Crippen LogP contribution < -0.4 is 0 Å². The largest absolute Gasteiger partial charge is 0.465 e. The van der Waals surface area contributed by atoms with Crippen LogP contribution in [-0.2, 0) is 28.5 Å². The second kappa shape index (κ2) is 50.7. The topological polar surface area (TPSA) is 94.5 Å². The molecule has 0 amide bonds. The third-order valence-electron chi connectivity index (χ3n) is 14.7. The molecule has 404 valence electrons. The van der Waals surface area contributed by atoms with E-state index in [0.717, 1.165) is 71.0 Å². The predicted octanol–water partition coefficient (Wildman–Crippen LogP) is 16.8. The summed E-state index contributed by atoms with van der Waals surface area (Å²) in [5, 5.41) is 9.20. The summed E-state index contributed by atoms with van der Waals surface area (Å²) < 4.78 is 24.8. The van der Waals surface area contributed by atoms with Gasteiger partial charge in [-0.15, -0.1) is 0 Å². The van der Waals surface area contributed by atoms with Gasteiger partial charge in [0, 0.05) is 45.8 Å². The molecule has 2 unspecified atom stereocenters. The summed E-state index contributed by atoms with van der Waals surface area (Å²) in [5.74, 6) is 0.870. The number of hydrogen-bond acceptors (Lipinski definition) is 8. The van der Waals surface area contributed by atoms with E-state index in [2.05, 4.69) is 32.6 Å². The van der Waals surface area contributed by atoms with Gasteiger partial charge in [-0.1, -0.05) is 220 Å². The van der Waals surface area contributed by atoms with Gasteiger partial charge in [-0.2, -0.15) is 0 Å². The lowest BCUT2D eigenvalue weighted by molar-refractivity contribution is -0.146. The number of esters is 2. The monoisotopic (exact) mass is 964 g/mol. The van der Waals surface area contributed by atoms with Gasteiger partial charge in [0.2, 0.25) is 0 Å². The number of likely N-dealkylation sites (tertiary alicyclic amines) is 1. The summed E-state index contributed by atoms with van der Waals surface area (Å²) >= 11 is 0. The van der Waals surface area contributed by atoms with Gasteiger partial charge in [-0.3, -0.25) is 14.5 Å². The second-order valence-corrected chi connectivity index (χ2v) is 21.4. The zero-order valence-corrected chi connectivity index (χ0v) is 46.0. The predicted molar refractivity (Wildman–Crippen MR) is 289 cm³/mol. The van der Waals surface area contributed by atoms with Gasteiger partial charge < -0.3 is 24.1 Å². The van der Waals surface area contributed by atoms with Gasteiger partial charge in [-0.25, -0.2) is 0 Å². The van der Waals surface area contributed by atoms with E-state index in [1.807, 2.05) is 0 Å².